The van der Waals surface area contributed by atoms with Crippen LogP contribution >= 0.6 is 34.8 Å². The van der Waals surface area contributed by atoms with E-state index >= 15 is 0 Å². The van der Waals surface area contributed by atoms with E-state index in [0.29, 0.717) is 34.4 Å². The van der Waals surface area contributed by atoms with E-state index in [0.717, 1.165) is 0 Å². The van der Waals surface area contributed by atoms with Crippen LogP contribution < -0.4 is 10.6 Å². The molecule has 0 radical (unpaired) electrons. The van der Waals surface area contributed by atoms with Crippen molar-refractivity contribution in [1.82, 2.24) is 0 Å². The quantitative estimate of drug-likeness (QED) is 0.634. The zero-order valence-corrected chi connectivity index (χ0v) is 10.5. The highest BCUT2D eigenvalue weighted by molar-refractivity contribution is 6.39. The van der Waals surface area contributed by atoms with Crippen LogP contribution in [0.25, 0.3) is 0 Å². The predicted octanol–water partition coefficient (Wildman–Crippen LogP) is 2.92. The Kier molecular flexibility index (Phi) is 3.19. The second kappa shape index (κ2) is 4.32. The summed E-state index contributed by atoms with van der Waals surface area (Å²) in [6.07, 6.45) is 0.334. The highest BCUT2D eigenvalue weighted by Gasteiger charge is 2.29. The van der Waals surface area contributed by atoms with Crippen molar-refractivity contribution < 1.29 is 4.79 Å². The third-order valence-corrected chi connectivity index (χ3v) is 3.37. The zero-order chi connectivity index (χ0) is 11.9. The number of halogens is 3. The fraction of sp³-hybridized carbons (Fsp3) is 0.300. The van der Waals surface area contributed by atoms with Crippen LogP contribution in [0.1, 0.15) is 6.42 Å². The molecule has 0 spiro atoms. The Morgan fingerprint density at radius 3 is 2.31 bits per heavy atom. The summed E-state index contributed by atoms with van der Waals surface area (Å²) in [5, 5.41) is 0.518. The molecule has 86 valence electrons. The lowest BCUT2D eigenvalue weighted by Crippen LogP contribution is -2.24. The van der Waals surface area contributed by atoms with Gasteiger partial charge in [-0.3, -0.25) is 4.79 Å². The normalized spacial score (nSPS) is 20.6. The molecule has 1 unspecified atom stereocenters. The third-order valence-electron chi connectivity index (χ3n) is 2.45. The molecular weight excluding hydrogens is 270 g/mol. The molecule has 1 aromatic carbocycles. The minimum absolute atomic E-state index is 0.0306. The second-order valence-corrected chi connectivity index (χ2v) is 5.06. The molecule has 0 bridgehead atoms. The van der Waals surface area contributed by atoms with Crippen molar-refractivity contribution >= 4 is 52.1 Å². The number of amides is 1. The molecule has 0 aromatic heterocycles. The molecule has 1 atom stereocenters. The molecule has 2 N–H and O–H groups in total. The average molecular weight is 280 g/mol. The fourth-order valence-electron chi connectivity index (χ4n) is 1.64. The summed E-state index contributed by atoms with van der Waals surface area (Å²) in [5.41, 5.74) is 6.57. The molecule has 16 heavy (non-hydrogen) atoms. The van der Waals surface area contributed by atoms with Crippen LogP contribution in [0.15, 0.2) is 12.1 Å². The van der Waals surface area contributed by atoms with E-state index in [4.69, 9.17) is 40.5 Å². The van der Waals surface area contributed by atoms with Gasteiger partial charge in [0.05, 0.1) is 21.1 Å². The van der Waals surface area contributed by atoms with Gasteiger partial charge in [-0.1, -0.05) is 23.2 Å². The van der Waals surface area contributed by atoms with Crippen molar-refractivity contribution in [3.63, 3.8) is 0 Å². The number of carbonyl (C=O) groups is 1. The van der Waals surface area contributed by atoms with Gasteiger partial charge in [-0.2, -0.15) is 0 Å². The first-order valence-electron chi connectivity index (χ1n) is 4.68. The number of nitrogens with two attached hydrogens (primary N) is 1. The van der Waals surface area contributed by atoms with Gasteiger partial charge in [-0.15, -0.1) is 11.6 Å². The molecule has 1 amide bonds. The van der Waals surface area contributed by atoms with E-state index in [1.165, 1.54) is 0 Å². The minimum atomic E-state index is -0.164. The van der Waals surface area contributed by atoms with Crippen LogP contribution in [0.3, 0.4) is 0 Å². The number of rotatable bonds is 1. The number of hydrogen-bond acceptors (Lipinski definition) is 2. The number of hydrogen-bond donors (Lipinski definition) is 1. The molecule has 2 rings (SSSR count). The number of alkyl halides is 1. The Morgan fingerprint density at radius 2 is 1.88 bits per heavy atom. The first-order valence-corrected chi connectivity index (χ1v) is 5.87. The molecule has 1 saturated heterocycles. The highest BCUT2D eigenvalue weighted by atomic mass is 35.5. The largest absolute Gasteiger partial charge is 0.396 e. The van der Waals surface area contributed by atoms with E-state index in [1.54, 1.807) is 17.0 Å². The molecule has 1 aliphatic rings. The standard InChI is InChI=1S/C10H9Cl3N2O/c11-5-1-9(16)15(4-5)6-2-7(12)10(14)8(13)3-6/h2-3,5H,1,4,14H2. The van der Waals surface area contributed by atoms with Gasteiger partial charge in [0.2, 0.25) is 5.91 Å². The Labute approximate surface area is 108 Å². The van der Waals surface area contributed by atoms with Crippen molar-refractivity contribution in [3.8, 4) is 0 Å². The van der Waals surface area contributed by atoms with Crippen molar-refractivity contribution in [3.05, 3.63) is 22.2 Å². The summed E-state index contributed by atoms with van der Waals surface area (Å²) in [5.74, 6) is -0.0306. The lowest BCUT2D eigenvalue weighted by Gasteiger charge is -2.17. The smallest absolute Gasteiger partial charge is 0.228 e. The van der Waals surface area contributed by atoms with Crippen LogP contribution in [0.5, 0.6) is 0 Å². The maximum atomic E-state index is 11.6. The van der Waals surface area contributed by atoms with Gasteiger partial charge in [0.1, 0.15) is 0 Å². The molecule has 0 aliphatic carbocycles. The van der Waals surface area contributed by atoms with Crippen molar-refractivity contribution in [1.29, 1.82) is 0 Å². The fourth-order valence-corrected chi connectivity index (χ4v) is 2.39. The zero-order valence-electron chi connectivity index (χ0n) is 8.21. The molecule has 0 saturated carbocycles. The van der Waals surface area contributed by atoms with E-state index in [2.05, 4.69) is 0 Å². The van der Waals surface area contributed by atoms with Crippen molar-refractivity contribution in [2.24, 2.45) is 0 Å². The SMILES string of the molecule is Nc1c(Cl)cc(N2CC(Cl)CC2=O)cc1Cl. The molecule has 6 heteroatoms. The Bertz CT molecular complexity index is 427. The summed E-state index contributed by atoms with van der Waals surface area (Å²) in [7, 11) is 0. The van der Waals surface area contributed by atoms with Gasteiger partial charge in [0, 0.05) is 18.7 Å². The number of anilines is 2. The van der Waals surface area contributed by atoms with Crippen molar-refractivity contribution in [2.75, 3.05) is 17.2 Å². The minimum Gasteiger partial charge on any atom is -0.396 e. The lowest BCUT2D eigenvalue weighted by atomic mass is 10.2. The van der Waals surface area contributed by atoms with Crippen LogP contribution in [0.2, 0.25) is 10.0 Å². The van der Waals surface area contributed by atoms with Crippen molar-refractivity contribution in [2.45, 2.75) is 11.8 Å². The molecule has 1 heterocycles. The van der Waals surface area contributed by atoms with Crippen LogP contribution in [0.4, 0.5) is 11.4 Å². The number of carbonyl (C=O) groups excluding carboxylic acids is 1. The predicted molar refractivity (Wildman–Crippen MR) is 67.5 cm³/mol. The maximum absolute atomic E-state index is 11.6. The van der Waals surface area contributed by atoms with Gasteiger partial charge in [-0.05, 0) is 12.1 Å². The Hall–Kier alpha value is -0.640. The average Bonchev–Trinajstić information content (AvgIpc) is 2.53. The van der Waals surface area contributed by atoms with E-state index in [1.807, 2.05) is 0 Å². The highest BCUT2D eigenvalue weighted by Crippen LogP contribution is 2.34. The Morgan fingerprint density at radius 1 is 1.31 bits per heavy atom. The van der Waals surface area contributed by atoms with E-state index in [9.17, 15) is 4.79 Å². The number of nitrogen functional groups attached to an aromatic ring is 1. The molecule has 1 aromatic rings. The summed E-state index contributed by atoms with van der Waals surface area (Å²) in [6.45, 7) is 0.469. The lowest BCUT2D eigenvalue weighted by molar-refractivity contribution is -0.117. The molecule has 3 nitrogen and oxygen atoms in total. The molecular formula is C10H9Cl3N2O. The van der Waals surface area contributed by atoms with Gasteiger partial charge < -0.3 is 10.6 Å². The summed E-state index contributed by atoms with van der Waals surface area (Å²) < 4.78 is 0. The number of benzene rings is 1. The van der Waals surface area contributed by atoms with Crippen LogP contribution in [0, 0.1) is 0 Å². The number of nitrogens with zero attached hydrogens (tertiary/aromatic N) is 1. The molecule has 1 fully saturated rings. The van der Waals surface area contributed by atoms with Gasteiger partial charge in [0.25, 0.3) is 0 Å². The summed E-state index contributed by atoms with van der Waals surface area (Å²) >= 11 is 17.7. The first kappa shape index (κ1) is 11.8. The maximum Gasteiger partial charge on any atom is 0.228 e. The third kappa shape index (κ3) is 2.08. The summed E-state index contributed by atoms with van der Waals surface area (Å²) in [4.78, 5) is 13.2. The monoisotopic (exact) mass is 278 g/mol. The van der Waals surface area contributed by atoms with Gasteiger partial charge in [0.15, 0.2) is 0 Å². The topological polar surface area (TPSA) is 46.3 Å². The molecule has 1 aliphatic heterocycles. The second-order valence-electron chi connectivity index (χ2n) is 3.63. The first-order chi connectivity index (χ1) is 7.49. The van der Waals surface area contributed by atoms with Gasteiger partial charge in [-0.25, -0.2) is 0 Å². The summed E-state index contributed by atoms with van der Waals surface area (Å²) in [6, 6.07) is 3.24. The van der Waals surface area contributed by atoms with E-state index in [-0.39, 0.29) is 11.3 Å². The Balaban J connectivity index is 2.38. The van der Waals surface area contributed by atoms with Gasteiger partial charge >= 0.3 is 0 Å². The van der Waals surface area contributed by atoms with Crippen LogP contribution in [-0.4, -0.2) is 17.8 Å². The van der Waals surface area contributed by atoms with Crippen LogP contribution in [-0.2, 0) is 4.79 Å². The van der Waals surface area contributed by atoms with E-state index < -0.39 is 0 Å².